The molecule has 0 fully saturated rings. The number of hydrogen-bond donors (Lipinski definition) is 2. The first-order valence-corrected chi connectivity index (χ1v) is 7.21. The van der Waals surface area contributed by atoms with Crippen LogP contribution in [0.2, 0.25) is 0 Å². The van der Waals surface area contributed by atoms with Crippen molar-refractivity contribution in [3.63, 3.8) is 0 Å². The third kappa shape index (κ3) is 4.11. The molecule has 1 aromatic carbocycles. The zero-order valence-corrected chi connectivity index (χ0v) is 13.2. The Balaban J connectivity index is 1.98. The molecule has 0 aliphatic heterocycles. The van der Waals surface area contributed by atoms with Crippen molar-refractivity contribution < 1.29 is 14.6 Å². The normalized spacial score (nSPS) is 10.4. The van der Waals surface area contributed by atoms with Gasteiger partial charge in [-0.2, -0.15) is 0 Å². The summed E-state index contributed by atoms with van der Waals surface area (Å²) in [5, 5.41) is 12.0. The molecular formula is C17H22N2O3. The molecular weight excluding hydrogens is 280 g/mol. The van der Waals surface area contributed by atoms with Crippen LogP contribution in [0.5, 0.6) is 11.6 Å². The molecule has 0 atom stereocenters. The van der Waals surface area contributed by atoms with Gasteiger partial charge in [0.1, 0.15) is 12.4 Å². The van der Waals surface area contributed by atoms with Crippen molar-refractivity contribution in [1.29, 1.82) is 0 Å². The van der Waals surface area contributed by atoms with Gasteiger partial charge in [-0.1, -0.05) is 12.1 Å². The number of pyridine rings is 1. The van der Waals surface area contributed by atoms with E-state index in [1.54, 1.807) is 19.4 Å². The molecule has 5 heteroatoms. The average Bonchev–Trinajstić information content (AvgIpc) is 2.51. The van der Waals surface area contributed by atoms with E-state index in [9.17, 15) is 0 Å². The van der Waals surface area contributed by atoms with E-state index in [-0.39, 0.29) is 13.2 Å². The number of nitrogens with one attached hydrogen (secondary N) is 1. The van der Waals surface area contributed by atoms with Gasteiger partial charge in [0.15, 0.2) is 0 Å². The molecule has 0 saturated carbocycles. The van der Waals surface area contributed by atoms with E-state index in [0.717, 1.165) is 22.6 Å². The lowest BCUT2D eigenvalue weighted by Crippen LogP contribution is -2.04. The van der Waals surface area contributed by atoms with Crippen molar-refractivity contribution in [2.24, 2.45) is 0 Å². The van der Waals surface area contributed by atoms with Crippen molar-refractivity contribution in [3.8, 4) is 11.6 Å². The second-order valence-electron chi connectivity index (χ2n) is 5.07. The van der Waals surface area contributed by atoms with Gasteiger partial charge >= 0.3 is 0 Å². The number of ether oxygens (including phenoxy) is 2. The molecule has 0 unspecified atom stereocenters. The lowest BCUT2D eigenvalue weighted by molar-refractivity contribution is 0.196. The Labute approximate surface area is 130 Å². The highest BCUT2D eigenvalue weighted by Crippen LogP contribution is 2.24. The fraction of sp³-hybridized carbons (Fsp3) is 0.353. The molecule has 22 heavy (non-hydrogen) atoms. The molecule has 2 N–H and O–H groups in total. The molecule has 0 spiro atoms. The Bertz CT molecular complexity index is 589. The number of aryl methyl sites for hydroxylation is 2. The molecule has 1 aromatic heterocycles. The predicted octanol–water partition coefficient (Wildman–Crippen LogP) is 2.69. The number of aromatic nitrogens is 1. The monoisotopic (exact) mass is 302 g/mol. The Hall–Kier alpha value is -2.27. The van der Waals surface area contributed by atoms with Gasteiger partial charge in [-0.05, 0) is 36.6 Å². The molecule has 0 saturated heterocycles. The van der Waals surface area contributed by atoms with E-state index in [1.807, 2.05) is 19.9 Å². The highest BCUT2D eigenvalue weighted by molar-refractivity contribution is 5.46. The minimum Gasteiger partial charge on any atom is -0.496 e. The van der Waals surface area contributed by atoms with Crippen LogP contribution in [-0.2, 0) is 6.54 Å². The van der Waals surface area contributed by atoms with Crippen LogP contribution in [0.15, 0.2) is 30.5 Å². The van der Waals surface area contributed by atoms with Crippen LogP contribution in [-0.4, -0.2) is 30.4 Å². The van der Waals surface area contributed by atoms with Gasteiger partial charge in [0.2, 0.25) is 5.88 Å². The van der Waals surface area contributed by atoms with Gasteiger partial charge in [-0.15, -0.1) is 0 Å². The first-order valence-electron chi connectivity index (χ1n) is 7.21. The summed E-state index contributed by atoms with van der Waals surface area (Å²) in [4.78, 5) is 4.18. The Morgan fingerprint density at radius 2 is 1.91 bits per heavy atom. The van der Waals surface area contributed by atoms with Gasteiger partial charge < -0.3 is 19.9 Å². The predicted molar refractivity (Wildman–Crippen MR) is 86.6 cm³/mol. The van der Waals surface area contributed by atoms with Crippen LogP contribution in [0, 0.1) is 13.8 Å². The Kier molecular flexibility index (Phi) is 5.61. The van der Waals surface area contributed by atoms with Gasteiger partial charge in [0.25, 0.3) is 0 Å². The van der Waals surface area contributed by atoms with E-state index >= 15 is 0 Å². The van der Waals surface area contributed by atoms with Crippen LogP contribution in [0.1, 0.15) is 16.7 Å². The van der Waals surface area contributed by atoms with Crippen molar-refractivity contribution in [3.05, 3.63) is 47.2 Å². The lowest BCUT2D eigenvalue weighted by atomic mass is 10.1. The zero-order chi connectivity index (χ0) is 15.9. The highest BCUT2D eigenvalue weighted by atomic mass is 16.5. The zero-order valence-electron chi connectivity index (χ0n) is 13.2. The number of aliphatic hydroxyl groups excluding tert-OH is 1. The number of hydrogen-bond acceptors (Lipinski definition) is 5. The summed E-state index contributed by atoms with van der Waals surface area (Å²) in [5.41, 5.74) is 4.37. The van der Waals surface area contributed by atoms with Crippen LogP contribution >= 0.6 is 0 Å². The largest absolute Gasteiger partial charge is 0.496 e. The Morgan fingerprint density at radius 3 is 2.45 bits per heavy atom. The molecule has 0 bridgehead atoms. The fourth-order valence-electron chi connectivity index (χ4n) is 2.39. The van der Waals surface area contributed by atoms with Gasteiger partial charge in [-0.25, -0.2) is 4.98 Å². The molecule has 0 aliphatic rings. The molecule has 2 aromatic rings. The van der Waals surface area contributed by atoms with Crippen LogP contribution < -0.4 is 14.8 Å². The number of nitrogens with zero attached hydrogens (tertiary/aromatic N) is 1. The third-order valence-electron chi connectivity index (χ3n) is 3.30. The molecule has 118 valence electrons. The topological polar surface area (TPSA) is 63.6 Å². The minimum atomic E-state index is -0.0160. The fourth-order valence-corrected chi connectivity index (χ4v) is 2.39. The van der Waals surface area contributed by atoms with Crippen molar-refractivity contribution in [2.75, 3.05) is 25.6 Å². The molecule has 0 radical (unpaired) electrons. The van der Waals surface area contributed by atoms with E-state index in [4.69, 9.17) is 14.6 Å². The number of rotatable bonds is 7. The maximum atomic E-state index is 8.70. The summed E-state index contributed by atoms with van der Waals surface area (Å²) in [6.45, 7) is 5.04. The minimum absolute atomic E-state index is 0.0160. The van der Waals surface area contributed by atoms with Crippen LogP contribution in [0.4, 0.5) is 5.69 Å². The van der Waals surface area contributed by atoms with E-state index in [1.165, 1.54) is 5.56 Å². The summed E-state index contributed by atoms with van der Waals surface area (Å²) in [6.07, 6.45) is 1.72. The SMILES string of the molecule is COc1c(C)cc(CNc2ccc(OCCO)nc2)cc1C. The number of anilines is 1. The van der Waals surface area contributed by atoms with Crippen molar-refractivity contribution in [2.45, 2.75) is 20.4 Å². The first kappa shape index (κ1) is 16.1. The number of benzene rings is 1. The van der Waals surface area contributed by atoms with E-state index in [2.05, 4.69) is 22.4 Å². The second kappa shape index (κ2) is 7.66. The quantitative estimate of drug-likeness (QED) is 0.823. The summed E-state index contributed by atoms with van der Waals surface area (Å²) in [5.74, 6) is 1.45. The van der Waals surface area contributed by atoms with E-state index in [0.29, 0.717) is 12.4 Å². The summed E-state index contributed by atoms with van der Waals surface area (Å²) in [7, 11) is 1.69. The number of methoxy groups -OCH3 is 1. The first-order chi connectivity index (χ1) is 10.6. The summed E-state index contributed by atoms with van der Waals surface area (Å²) >= 11 is 0. The van der Waals surface area contributed by atoms with Crippen LogP contribution in [0.25, 0.3) is 0 Å². The van der Waals surface area contributed by atoms with Gasteiger partial charge in [-0.3, -0.25) is 0 Å². The summed E-state index contributed by atoms with van der Waals surface area (Å²) < 4.78 is 10.6. The van der Waals surface area contributed by atoms with Gasteiger partial charge in [0.05, 0.1) is 25.6 Å². The average molecular weight is 302 g/mol. The lowest BCUT2D eigenvalue weighted by Gasteiger charge is -2.12. The third-order valence-corrected chi connectivity index (χ3v) is 3.30. The van der Waals surface area contributed by atoms with Crippen LogP contribution in [0.3, 0.4) is 0 Å². The Morgan fingerprint density at radius 1 is 1.18 bits per heavy atom. The molecule has 0 aliphatic carbocycles. The number of aliphatic hydroxyl groups is 1. The highest BCUT2D eigenvalue weighted by Gasteiger charge is 2.05. The van der Waals surface area contributed by atoms with Gasteiger partial charge in [0, 0.05) is 12.6 Å². The maximum absolute atomic E-state index is 8.70. The van der Waals surface area contributed by atoms with Crippen molar-refractivity contribution in [1.82, 2.24) is 4.98 Å². The molecule has 5 nitrogen and oxygen atoms in total. The summed E-state index contributed by atoms with van der Waals surface area (Å²) in [6, 6.07) is 7.92. The second-order valence-corrected chi connectivity index (χ2v) is 5.07. The molecule has 0 amide bonds. The molecule has 2 rings (SSSR count). The maximum Gasteiger partial charge on any atom is 0.213 e. The molecule has 1 heterocycles. The smallest absolute Gasteiger partial charge is 0.213 e. The van der Waals surface area contributed by atoms with E-state index < -0.39 is 0 Å². The standard InChI is InChI=1S/C17H22N2O3/c1-12-8-14(9-13(2)17(12)21-3)10-18-15-4-5-16(19-11-15)22-7-6-20/h4-5,8-9,11,18,20H,6-7,10H2,1-3H3. The van der Waals surface area contributed by atoms with Crippen molar-refractivity contribution >= 4 is 5.69 Å².